The Morgan fingerprint density at radius 1 is 1.25 bits per heavy atom. The maximum absolute atomic E-state index is 12.8. The summed E-state index contributed by atoms with van der Waals surface area (Å²) in [5, 5.41) is 0. The second kappa shape index (κ2) is 5.37. The van der Waals surface area contributed by atoms with E-state index in [4.69, 9.17) is 5.73 Å². The molecule has 2 N–H and O–H groups in total. The molecular weight excluding hydrogens is 272 g/mol. The molecule has 112 valence electrons. The lowest BCUT2D eigenvalue weighted by atomic mass is 9.83. The van der Waals surface area contributed by atoms with Crippen molar-refractivity contribution in [2.24, 2.45) is 5.41 Å². The second-order valence-corrected chi connectivity index (χ2v) is 8.20. The van der Waals surface area contributed by atoms with E-state index in [1.807, 2.05) is 13.0 Å². The first-order valence-corrected chi connectivity index (χ1v) is 8.59. The minimum atomic E-state index is -3.42. The van der Waals surface area contributed by atoms with E-state index in [1.54, 1.807) is 16.4 Å². The van der Waals surface area contributed by atoms with Crippen molar-refractivity contribution in [3.63, 3.8) is 0 Å². The molecule has 0 unspecified atom stereocenters. The summed E-state index contributed by atoms with van der Waals surface area (Å²) in [5.41, 5.74) is 7.34. The Hall–Kier alpha value is -1.07. The predicted molar refractivity (Wildman–Crippen MR) is 82.0 cm³/mol. The Bertz CT molecular complexity index is 584. The van der Waals surface area contributed by atoms with Crippen molar-refractivity contribution in [3.05, 3.63) is 23.8 Å². The molecule has 0 aliphatic carbocycles. The Morgan fingerprint density at radius 2 is 1.85 bits per heavy atom. The van der Waals surface area contributed by atoms with E-state index in [-0.39, 0.29) is 5.41 Å². The topological polar surface area (TPSA) is 63.4 Å². The number of nitrogen functional groups attached to an aromatic ring is 1. The van der Waals surface area contributed by atoms with Crippen LogP contribution in [-0.4, -0.2) is 25.8 Å². The van der Waals surface area contributed by atoms with Gasteiger partial charge < -0.3 is 5.73 Å². The number of rotatable bonds is 3. The summed E-state index contributed by atoms with van der Waals surface area (Å²) in [6.45, 7) is 7.52. The zero-order valence-electron chi connectivity index (χ0n) is 12.5. The van der Waals surface area contributed by atoms with Gasteiger partial charge in [0.2, 0.25) is 10.0 Å². The second-order valence-electron chi connectivity index (χ2n) is 6.29. The standard InChI is InChI=1S/C15H24N2O2S/c1-4-12-5-6-13(16)11-14(12)20(18,19)17-9-7-15(2,3)8-10-17/h5-6,11H,4,7-10,16H2,1-3H3. The molecule has 0 amide bonds. The molecule has 5 heteroatoms. The Kier molecular flexibility index (Phi) is 4.12. The first kappa shape index (κ1) is 15.3. The van der Waals surface area contributed by atoms with E-state index in [2.05, 4.69) is 13.8 Å². The molecule has 2 rings (SSSR count). The lowest BCUT2D eigenvalue weighted by Crippen LogP contribution is -2.41. The molecule has 1 saturated heterocycles. The van der Waals surface area contributed by atoms with Crippen LogP contribution in [-0.2, 0) is 16.4 Å². The number of nitrogens with two attached hydrogens (primary N) is 1. The van der Waals surface area contributed by atoms with Crippen molar-refractivity contribution in [3.8, 4) is 0 Å². The fourth-order valence-corrected chi connectivity index (χ4v) is 4.34. The van der Waals surface area contributed by atoms with Crippen LogP contribution in [0, 0.1) is 5.41 Å². The SMILES string of the molecule is CCc1ccc(N)cc1S(=O)(=O)N1CCC(C)(C)CC1. The highest BCUT2D eigenvalue weighted by molar-refractivity contribution is 7.89. The Labute approximate surface area is 122 Å². The summed E-state index contributed by atoms with van der Waals surface area (Å²) >= 11 is 0. The normalized spacial score (nSPS) is 19.9. The number of nitrogens with zero attached hydrogens (tertiary/aromatic N) is 1. The van der Waals surface area contributed by atoms with E-state index in [0.717, 1.165) is 18.4 Å². The third-order valence-corrected chi connectivity index (χ3v) is 6.15. The third-order valence-electron chi connectivity index (χ3n) is 4.17. The number of benzene rings is 1. The molecule has 0 atom stereocenters. The highest BCUT2D eigenvalue weighted by atomic mass is 32.2. The highest BCUT2D eigenvalue weighted by Gasteiger charge is 2.33. The van der Waals surface area contributed by atoms with Gasteiger partial charge in [-0.2, -0.15) is 4.31 Å². The van der Waals surface area contributed by atoms with Gasteiger partial charge in [-0.25, -0.2) is 8.42 Å². The molecule has 1 aromatic carbocycles. The first-order chi connectivity index (χ1) is 9.26. The molecule has 1 aliphatic heterocycles. The molecule has 0 saturated carbocycles. The average Bonchev–Trinajstić information content (AvgIpc) is 2.38. The highest BCUT2D eigenvalue weighted by Crippen LogP contribution is 2.33. The molecule has 0 radical (unpaired) electrons. The van der Waals surface area contributed by atoms with Crippen molar-refractivity contribution in [2.75, 3.05) is 18.8 Å². The van der Waals surface area contributed by atoms with Crippen LogP contribution in [0.3, 0.4) is 0 Å². The minimum Gasteiger partial charge on any atom is -0.399 e. The van der Waals surface area contributed by atoms with Gasteiger partial charge in [-0.15, -0.1) is 0 Å². The van der Waals surface area contributed by atoms with Gasteiger partial charge in [-0.1, -0.05) is 26.8 Å². The fourth-order valence-electron chi connectivity index (χ4n) is 2.57. The summed E-state index contributed by atoms with van der Waals surface area (Å²) in [7, 11) is -3.42. The largest absolute Gasteiger partial charge is 0.399 e. The van der Waals surface area contributed by atoms with Gasteiger partial charge in [0.05, 0.1) is 4.90 Å². The minimum absolute atomic E-state index is 0.231. The smallest absolute Gasteiger partial charge is 0.243 e. The predicted octanol–water partition coefficient (Wildman–Crippen LogP) is 2.64. The van der Waals surface area contributed by atoms with Crippen molar-refractivity contribution >= 4 is 15.7 Å². The van der Waals surface area contributed by atoms with E-state index in [1.165, 1.54) is 0 Å². The third kappa shape index (κ3) is 2.99. The van der Waals surface area contributed by atoms with E-state index >= 15 is 0 Å². The van der Waals surface area contributed by atoms with Crippen LogP contribution in [0.1, 0.15) is 39.2 Å². The van der Waals surface area contributed by atoms with Crippen LogP contribution in [0.2, 0.25) is 0 Å². The average molecular weight is 296 g/mol. The molecule has 1 fully saturated rings. The zero-order chi connectivity index (χ0) is 15.0. The van der Waals surface area contributed by atoms with Crippen molar-refractivity contribution < 1.29 is 8.42 Å². The van der Waals surface area contributed by atoms with E-state index in [9.17, 15) is 8.42 Å². The van der Waals surface area contributed by atoms with Crippen LogP contribution in [0.25, 0.3) is 0 Å². The van der Waals surface area contributed by atoms with E-state index in [0.29, 0.717) is 30.1 Å². The molecule has 0 bridgehead atoms. The maximum atomic E-state index is 12.8. The quantitative estimate of drug-likeness (QED) is 0.872. The van der Waals surface area contributed by atoms with Gasteiger partial charge in [0, 0.05) is 18.8 Å². The van der Waals surface area contributed by atoms with Crippen LogP contribution >= 0.6 is 0 Å². The lowest BCUT2D eigenvalue weighted by molar-refractivity contribution is 0.196. The molecule has 1 aliphatic rings. The summed E-state index contributed by atoms with van der Waals surface area (Å²) < 4.78 is 27.2. The monoisotopic (exact) mass is 296 g/mol. The first-order valence-electron chi connectivity index (χ1n) is 7.15. The van der Waals surface area contributed by atoms with Gasteiger partial charge >= 0.3 is 0 Å². The maximum Gasteiger partial charge on any atom is 0.243 e. The summed E-state index contributed by atoms with van der Waals surface area (Å²) in [6.07, 6.45) is 2.49. The number of aryl methyl sites for hydroxylation is 1. The van der Waals surface area contributed by atoms with Crippen molar-refractivity contribution in [1.29, 1.82) is 0 Å². The van der Waals surface area contributed by atoms with Gasteiger partial charge in [0.1, 0.15) is 0 Å². The number of sulfonamides is 1. The van der Waals surface area contributed by atoms with Gasteiger partial charge in [0.15, 0.2) is 0 Å². The number of hydrogen-bond acceptors (Lipinski definition) is 3. The number of anilines is 1. The summed E-state index contributed by atoms with van der Waals surface area (Å²) in [6, 6.07) is 5.17. The summed E-state index contributed by atoms with van der Waals surface area (Å²) in [5.74, 6) is 0. The van der Waals surface area contributed by atoms with Crippen LogP contribution in [0.4, 0.5) is 5.69 Å². The zero-order valence-corrected chi connectivity index (χ0v) is 13.3. The molecule has 1 aromatic rings. The molecule has 1 heterocycles. The Balaban J connectivity index is 2.34. The number of hydrogen-bond donors (Lipinski definition) is 1. The van der Waals surface area contributed by atoms with Crippen molar-refractivity contribution in [2.45, 2.75) is 44.9 Å². The fraction of sp³-hybridized carbons (Fsp3) is 0.600. The molecule has 20 heavy (non-hydrogen) atoms. The lowest BCUT2D eigenvalue weighted by Gasteiger charge is -2.36. The van der Waals surface area contributed by atoms with Crippen LogP contribution < -0.4 is 5.73 Å². The van der Waals surface area contributed by atoms with Crippen LogP contribution in [0.5, 0.6) is 0 Å². The van der Waals surface area contributed by atoms with Gasteiger partial charge in [0.25, 0.3) is 0 Å². The molecule has 4 nitrogen and oxygen atoms in total. The Morgan fingerprint density at radius 3 is 2.40 bits per heavy atom. The molecule has 0 spiro atoms. The summed E-state index contributed by atoms with van der Waals surface area (Å²) in [4.78, 5) is 0.375. The molecule has 0 aromatic heterocycles. The van der Waals surface area contributed by atoms with E-state index < -0.39 is 10.0 Å². The van der Waals surface area contributed by atoms with Gasteiger partial charge in [-0.05, 0) is 42.4 Å². The molecular formula is C15H24N2O2S. The van der Waals surface area contributed by atoms with Crippen molar-refractivity contribution in [1.82, 2.24) is 4.31 Å². The van der Waals surface area contributed by atoms with Crippen LogP contribution in [0.15, 0.2) is 23.1 Å². The number of piperidine rings is 1. The van der Waals surface area contributed by atoms with Gasteiger partial charge in [-0.3, -0.25) is 0 Å².